The van der Waals surface area contributed by atoms with Crippen molar-refractivity contribution in [1.29, 1.82) is 0 Å². The summed E-state index contributed by atoms with van der Waals surface area (Å²) in [7, 11) is 0. The normalized spacial score (nSPS) is 12.8. The van der Waals surface area contributed by atoms with E-state index >= 15 is 0 Å². The molecule has 0 aliphatic heterocycles. The van der Waals surface area contributed by atoms with Crippen molar-refractivity contribution in [1.82, 2.24) is 5.32 Å². The van der Waals surface area contributed by atoms with Crippen LogP contribution in [0, 0.1) is 0 Å². The predicted octanol–water partition coefficient (Wildman–Crippen LogP) is 3.07. The van der Waals surface area contributed by atoms with Crippen LogP contribution in [-0.4, -0.2) is 24.1 Å². The molecule has 1 atom stereocenters. The monoisotopic (exact) mass is 201 g/mol. The van der Waals surface area contributed by atoms with Crippen LogP contribution < -0.4 is 5.32 Å². The van der Waals surface area contributed by atoms with Crippen molar-refractivity contribution in [2.24, 2.45) is 0 Å². The third kappa shape index (κ3) is 8.38. The Kier molecular flexibility index (Phi) is 10.2. The molecule has 0 aromatic heterocycles. The third-order valence-corrected chi connectivity index (χ3v) is 3.21. The van der Waals surface area contributed by atoms with Gasteiger partial charge in [-0.1, -0.05) is 19.9 Å². The van der Waals surface area contributed by atoms with Gasteiger partial charge in [0.15, 0.2) is 0 Å². The summed E-state index contributed by atoms with van der Waals surface area (Å²) in [6.07, 6.45) is 5.65. The van der Waals surface area contributed by atoms with Crippen LogP contribution in [0.15, 0.2) is 12.7 Å². The molecule has 78 valence electrons. The van der Waals surface area contributed by atoms with Gasteiger partial charge in [-0.05, 0) is 31.6 Å². The Morgan fingerprint density at radius 3 is 2.77 bits per heavy atom. The molecule has 13 heavy (non-hydrogen) atoms. The summed E-state index contributed by atoms with van der Waals surface area (Å²) in [6, 6.07) is 0.680. The molecule has 0 aliphatic rings. The predicted molar refractivity (Wildman–Crippen MR) is 64.5 cm³/mol. The Balaban J connectivity index is 3.46. The maximum atomic E-state index is 3.75. The van der Waals surface area contributed by atoms with E-state index in [-0.39, 0.29) is 0 Å². The summed E-state index contributed by atoms with van der Waals surface area (Å²) in [5.74, 6) is 2.53. The molecule has 0 radical (unpaired) electrons. The van der Waals surface area contributed by atoms with E-state index in [0.717, 1.165) is 13.0 Å². The van der Waals surface area contributed by atoms with Crippen molar-refractivity contribution in [2.45, 2.75) is 39.2 Å². The molecule has 0 aromatic rings. The maximum absolute atomic E-state index is 3.75. The van der Waals surface area contributed by atoms with E-state index in [0.29, 0.717) is 6.04 Å². The maximum Gasteiger partial charge on any atom is 0.0161 e. The number of allylic oxidation sites excluding steroid dienone is 1. The van der Waals surface area contributed by atoms with Crippen LogP contribution in [0.25, 0.3) is 0 Å². The molecule has 0 rings (SSSR count). The quantitative estimate of drug-likeness (QED) is 0.454. The fourth-order valence-electron chi connectivity index (χ4n) is 1.22. The van der Waals surface area contributed by atoms with Gasteiger partial charge in [0.05, 0.1) is 0 Å². The van der Waals surface area contributed by atoms with Crippen LogP contribution in [0.2, 0.25) is 0 Å². The fourth-order valence-corrected chi connectivity index (χ4v) is 2.25. The van der Waals surface area contributed by atoms with Crippen molar-refractivity contribution < 1.29 is 0 Å². The van der Waals surface area contributed by atoms with Crippen molar-refractivity contribution in [3.8, 4) is 0 Å². The Labute approximate surface area is 87.4 Å². The summed E-state index contributed by atoms with van der Waals surface area (Å²) >= 11 is 2.05. The van der Waals surface area contributed by atoms with Gasteiger partial charge in [-0.2, -0.15) is 11.8 Å². The lowest BCUT2D eigenvalue weighted by Gasteiger charge is -2.16. The summed E-state index contributed by atoms with van der Waals surface area (Å²) in [5.41, 5.74) is 0. The van der Waals surface area contributed by atoms with Crippen LogP contribution >= 0.6 is 11.8 Å². The Bertz CT molecular complexity index is 115. The van der Waals surface area contributed by atoms with Gasteiger partial charge in [-0.25, -0.2) is 0 Å². The second kappa shape index (κ2) is 10.1. The lowest BCUT2D eigenvalue weighted by atomic mass is 10.2. The first-order chi connectivity index (χ1) is 6.35. The molecular weight excluding hydrogens is 178 g/mol. The first-order valence-electron chi connectivity index (χ1n) is 5.27. The molecular formula is C11H23NS. The van der Waals surface area contributed by atoms with Gasteiger partial charge >= 0.3 is 0 Å². The molecule has 0 aromatic carbocycles. The van der Waals surface area contributed by atoms with E-state index < -0.39 is 0 Å². The number of thioether (sulfide) groups is 1. The summed E-state index contributed by atoms with van der Waals surface area (Å²) in [5, 5.41) is 3.51. The van der Waals surface area contributed by atoms with Gasteiger partial charge in [0.2, 0.25) is 0 Å². The largest absolute Gasteiger partial charge is 0.313 e. The van der Waals surface area contributed by atoms with Gasteiger partial charge in [0.25, 0.3) is 0 Å². The number of nitrogens with one attached hydrogen (secondary N) is 1. The molecule has 0 saturated heterocycles. The average Bonchev–Trinajstić information content (AvgIpc) is 2.14. The van der Waals surface area contributed by atoms with E-state index in [4.69, 9.17) is 0 Å². The van der Waals surface area contributed by atoms with Crippen molar-refractivity contribution in [3.63, 3.8) is 0 Å². The highest BCUT2D eigenvalue weighted by Gasteiger charge is 2.04. The molecule has 0 fully saturated rings. The molecule has 0 aliphatic carbocycles. The van der Waals surface area contributed by atoms with Gasteiger partial charge in [-0.3, -0.25) is 0 Å². The fraction of sp³-hybridized carbons (Fsp3) is 0.818. The first kappa shape index (κ1) is 13.1. The zero-order valence-electron chi connectivity index (χ0n) is 9.01. The van der Waals surface area contributed by atoms with Crippen LogP contribution in [-0.2, 0) is 0 Å². The Morgan fingerprint density at radius 2 is 2.23 bits per heavy atom. The van der Waals surface area contributed by atoms with Gasteiger partial charge < -0.3 is 5.32 Å². The second-order valence-electron chi connectivity index (χ2n) is 3.20. The smallest absolute Gasteiger partial charge is 0.0161 e. The van der Waals surface area contributed by atoms with Gasteiger partial charge in [-0.15, -0.1) is 6.58 Å². The van der Waals surface area contributed by atoms with Crippen molar-refractivity contribution in [2.75, 3.05) is 18.1 Å². The molecule has 1 N–H and O–H groups in total. The summed E-state index contributed by atoms with van der Waals surface area (Å²) in [6.45, 7) is 9.24. The van der Waals surface area contributed by atoms with Gasteiger partial charge in [0, 0.05) is 11.8 Å². The minimum absolute atomic E-state index is 0.680. The van der Waals surface area contributed by atoms with E-state index in [9.17, 15) is 0 Å². The topological polar surface area (TPSA) is 12.0 Å². The zero-order chi connectivity index (χ0) is 9.94. The molecule has 2 heteroatoms. The van der Waals surface area contributed by atoms with Crippen LogP contribution in [0.4, 0.5) is 0 Å². The van der Waals surface area contributed by atoms with Crippen LogP contribution in [0.5, 0.6) is 0 Å². The second-order valence-corrected chi connectivity index (χ2v) is 4.35. The highest BCUT2D eigenvalue weighted by Crippen LogP contribution is 2.08. The number of hydrogen-bond acceptors (Lipinski definition) is 2. The highest BCUT2D eigenvalue weighted by molar-refractivity contribution is 7.99. The molecule has 1 unspecified atom stereocenters. The average molecular weight is 201 g/mol. The minimum atomic E-state index is 0.680. The minimum Gasteiger partial charge on any atom is -0.313 e. The lowest BCUT2D eigenvalue weighted by Crippen LogP contribution is -2.31. The molecule has 1 nitrogen and oxygen atoms in total. The van der Waals surface area contributed by atoms with E-state index in [1.54, 1.807) is 0 Å². The molecule has 0 saturated carbocycles. The molecule has 0 amide bonds. The van der Waals surface area contributed by atoms with E-state index in [1.165, 1.54) is 24.3 Å². The van der Waals surface area contributed by atoms with Crippen LogP contribution in [0.3, 0.4) is 0 Å². The summed E-state index contributed by atoms with van der Waals surface area (Å²) < 4.78 is 0. The Morgan fingerprint density at radius 1 is 1.46 bits per heavy atom. The van der Waals surface area contributed by atoms with Crippen LogP contribution in [0.1, 0.15) is 33.1 Å². The standard InChI is InChI=1S/C11H23NS/c1-4-7-8-11(12-6-3)10-13-9-5-2/h4,11-12H,1,5-10H2,2-3H3. The molecule has 0 spiro atoms. The lowest BCUT2D eigenvalue weighted by molar-refractivity contribution is 0.542. The van der Waals surface area contributed by atoms with Crippen molar-refractivity contribution in [3.05, 3.63) is 12.7 Å². The van der Waals surface area contributed by atoms with Crippen molar-refractivity contribution >= 4 is 11.8 Å². The molecule has 0 heterocycles. The zero-order valence-corrected chi connectivity index (χ0v) is 9.83. The molecule has 0 bridgehead atoms. The van der Waals surface area contributed by atoms with Gasteiger partial charge in [0.1, 0.15) is 0 Å². The van der Waals surface area contributed by atoms with E-state index in [1.807, 2.05) is 6.08 Å². The highest BCUT2D eigenvalue weighted by atomic mass is 32.2. The number of hydrogen-bond donors (Lipinski definition) is 1. The number of rotatable bonds is 9. The first-order valence-corrected chi connectivity index (χ1v) is 6.42. The third-order valence-electron chi connectivity index (χ3n) is 1.88. The SMILES string of the molecule is C=CCCC(CSCCC)NCC. The summed E-state index contributed by atoms with van der Waals surface area (Å²) in [4.78, 5) is 0. The van der Waals surface area contributed by atoms with E-state index in [2.05, 4.69) is 37.5 Å². The Hall–Kier alpha value is 0.0500.